The molecule has 0 unspecified atom stereocenters. The van der Waals surface area contributed by atoms with E-state index in [-0.39, 0.29) is 0 Å². The van der Waals surface area contributed by atoms with Gasteiger partial charge in [0.2, 0.25) is 0 Å². The molecule has 0 bridgehead atoms. The third-order valence-corrected chi connectivity index (χ3v) is 2.80. The lowest BCUT2D eigenvalue weighted by Crippen LogP contribution is -2.26. The van der Waals surface area contributed by atoms with E-state index in [1.807, 2.05) is 36.1 Å². The van der Waals surface area contributed by atoms with Crippen LogP contribution in [0.15, 0.2) is 24.5 Å². The SMILES string of the molecule is C[n+]1ccc(OC2CCCCC2)cc1. The Morgan fingerprint density at radius 2 is 1.79 bits per heavy atom. The topological polar surface area (TPSA) is 13.1 Å². The first-order valence-corrected chi connectivity index (χ1v) is 5.46. The van der Waals surface area contributed by atoms with Gasteiger partial charge in [0.15, 0.2) is 12.4 Å². The minimum Gasteiger partial charge on any atom is -0.490 e. The van der Waals surface area contributed by atoms with Crippen LogP contribution in [0.3, 0.4) is 0 Å². The minimum atomic E-state index is 0.455. The first-order valence-electron chi connectivity index (χ1n) is 5.46. The summed E-state index contributed by atoms with van der Waals surface area (Å²) in [7, 11) is 2.02. The lowest BCUT2D eigenvalue weighted by molar-refractivity contribution is -0.671. The van der Waals surface area contributed by atoms with Crippen LogP contribution in [0.25, 0.3) is 0 Å². The van der Waals surface area contributed by atoms with E-state index in [1.165, 1.54) is 32.1 Å². The summed E-state index contributed by atoms with van der Waals surface area (Å²) in [6.07, 6.45) is 11.0. The fraction of sp³-hybridized carbons (Fsp3) is 0.583. The molecule has 0 aromatic carbocycles. The molecule has 1 heterocycles. The average Bonchev–Trinajstić information content (AvgIpc) is 2.23. The van der Waals surface area contributed by atoms with Gasteiger partial charge in [-0.25, -0.2) is 4.57 Å². The molecule has 14 heavy (non-hydrogen) atoms. The van der Waals surface area contributed by atoms with Crippen LogP contribution >= 0.6 is 0 Å². The summed E-state index contributed by atoms with van der Waals surface area (Å²) < 4.78 is 7.92. The summed E-state index contributed by atoms with van der Waals surface area (Å²) in [6.45, 7) is 0. The number of hydrogen-bond acceptors (Lipinski definition) is 1. The molecule has 0 amide bonds. The molecule has 0 aliphatic heterocycles. The molecule has 0 radical (unpaired) electrons. The molecular formula is C12H18NO+. The highest BCUT2D eigenvalue weighted by Gasteiger charge is 2.14. The second kappa shape index (κ2) is 4.45. The minimum absolute atomic E-state index is 0.455. The average molecular weight is 192 g/mol. The van der Waals surface area contributed by atoms with E-state index < -0.39 is 0 Å². The monoisotopic (exact) mass is 192 g/mol. The van der Waals surface area contributed by atoms with Crippen molar-refractivity contribution >= 4 is 0 Å². The predicted molar refractivity (Wildman–Crippen MR) is 55.1 cm³/mol. The Kier molecular flexibility index (Phi) is 3.02. The Bertz CT molecular complexity index is 275. The van der Waals surface area contributed by atoms with E-state index in [9.17, 15) is 0 Å². The summed E-state index contributed by atoms with van der Waals surface area (Å²) in [5.41, 5.74) is 0. The summed E-state index contributed by atoms with van der Waals surface area (Å²) in [5.74, 6) is 1.01. The zero-order chi connectivity index (χ0) is 9.80. The molecule has 0 spiro atoms. The number of hydrogen-bond donors (Lipinski definition) is 0. The Labute approximate surface area is 85.5 Å². The molecule has 1 fully saturated rings. The number of aryl methyl sites for hydroxylation is 1. The molecule has 1 aliphatic rings. The fourth-order valence-corrected chi connectivity index (χ4v) is 1.94. The summed E-state index contributed by atoms with van der Waals surface area (Å²) in [4.78, 5) is 0. The van der Waals surface area contributed by atoms with Gasteiger partial charge in [-0.1, -0.05) is 6.42 Å². The number of ether oxygens (including phenoxy) is 1. The molecule has 1 saturated carbocycles. The van der Waals surface area contributed by atoms with Gasteiger partial charge < -0.3 is 4.74 Å². The van der Waals surface area contributed by atoms with Gasteiger partial charge in [0.05, 0.1) is 6.10 Å². The van der Waals surface area contributed by atoms with E-state index in [1.54, 1.807) is 0 Å². The first-order chi connectivity index (χ1) is 6.84. The third kappa shape index (κ3) is 2.47. The van der Waals surface area contributed by atoms with E-state index in [0.717, 1.165) is 5.75 Å². The highest BCUT2D eigenvalue weighted by Crippen LogP contribution is 2.22. The molecule has 76 valence electrons. The van der Waals surface area contributed by atoms with Crippen molar-refractivity contribution in [3.63, 3.8) is 0 Å². The van der Waals surface area contributed by atoms with Crippen LogP contribution in [-0.4, -0.2) is 6.10 Å². The highest BCUT2D eigenvalue weighted by molar-refractivity contribution is 5.15. The number of nitrogens with zero attached hydrogens (tertiary/aromatic N) is 1. The summed E-state index contributed by atoms with van der Waals surface area (Å²) in [6, 6.07) is 4.07. The normalized spacial score (nSPS) is 18.1. The molecule has 0 atom stereocenters. The van der Waals surface area contributed by atoms with Gasteiger partial charge >= 0.3 is 0 Å². The molecule has 1 aromatic rings. The van der Waals surface area contributed by atoms with Crippen molar-refractivity contribution in [2.75, 3.05) is 0 Å². The van der Waals surface area contributed by atoms with Crippen LogP contribution in [0.4, 0.5) is 0 Å². The van der Waals surface area contributed by atoms with Crippen LogP contribution in [0, 0.1) is 0 Å². The Hall–Kier alpha value is -1.05. The summed E-state index contributed by atoms with van der Waals surface area (Å²) in [5, 5.41) is 0. The van der Waals surface area contributed by atoms with Crippen LogP contribution < -0.4 is 9.30 Å². The highest BCUT2D eigenvalue weighted by atomic mass is 16.5. The third-order valence-electron chi connectivity index (χ3n) is 2.80. The lowest BCUT2D eigenvalue weighted by atomic mass is 9.98. The van der Waals surface area contributed by atoms with Gasteiger partial charge in [0, 0.05) is 12.1 Å². The zero-order valence-electron chi connectivity index (χ0n) is 8.78. The van der Waals surface area contributed by atoms with E-state index in [4.69, 9.17) is 4.74 Å². The Morgan fingerprint density at radius 3 is 2.43 bits per heavy atom. The number of pyridine rings is 1. The molecule has 2 rings (SSSR count). The quantitative estimate of drug-likeness (QED) is 0.655. The van der Waals surface area contributed by atoms with Crippen LogP contribution in [0.1, 0.15) is 32.1 Å². The van der Waals surface area contributed by atoms with E-state index in [0.29, 0.717) is 6.10 Å². The Morgan fingerprint density at radius 1 is 1.14 bits per heavy atom. The van der Waals surface area contributed by atoms with Gasteiger partial charge in [-0.3, -0.25) is 0 Å². The second-order valence-electron chi connectivity index (χ2n) is 4.08. The van der Waals surface area contributed by atoms with Gasteiger partial charge in [0.25, 0.3) is 0 Å². The maximum absolute atomic E-state index is 5.90. The molecular weight excluding hydrogens is 174 g/mol. The fourth-order valence-electron chi connectivity index (χ4n) is 1.94. The second-order valence-corrected chi connectivity index (χ2v) is 4.08. The van der Waals surface area contributed by atoms with Crippen molar-refractivity contribution in [1.29, 1.82) is 0 Å². The van der Waals surface area contributed by atoms with Gasteiger partial charge in [-0.05, 0) is 25.7 Å². The molecule has 2 heteroatoms. The Balaban J connectivity index is 1.92. The van der Waals surface area contributed by atoms with Gasteiger partial charge in [-0.15, -0.1) is 0 Å². The maximum Gasteiger partial charge on any atom is 0.172 e. The van der Waals surface area contributed by atoms with Crippen molar-refractivity contribution in [2.45, 2.75) is 38.2 Å². The largest absolute Gasteiger partial charge is 0.490 e. The standard InChI is InChI=1S/C12H18NO/c1-13-9-7-12(8-10-13)14-11-5-3-2-4-6-11/h7-11H,2-6H2,1H3/q+1. The van der Waals surface area contributed by atoms with Crippen molar-refractivity contribution in [3.8, 4) is 5.75 Å². The maximum atomic E-state index is 5.90. The first kappa shape index (κ1) is 9.50. The number of aromatic nitrogens is 1. The molecule has 2 nitrogen and oxygen atoms in total. The van der Waals surface area contributed by atoms with Crippen molar-refractivity contribution in [1.82, 2.24) is 0 Å². The van der Waals surface area contributed by atoms with Crippen LogP contribution in [-0.2, 0) is 7.05 Å². The molecule has 0 saturated heterocycles. The summed E-state index contributed by atoms with van der Waals surface area (Å²) >= 11 is 0. The van der Waals surface area contributed by atoms with Crippen LogP contribution in [0.2, 0.25) is 0 Å². The van der Waals surface area contributed by atoms with Crippen molar-refractivity contribution in [2.24, 2.45) is 7.05 Å². The zero-order valence-corrected chi connectivity index (χ0v) is 8.78. The van der Waals surface area contributed by atoms with E-state index >= 15 is 0 Å². The smallest absolute Gasteiger partial charge is 0.172 e. The molecule has 1 aliphatic carbocycles. The van der Waals surface area contributed by atoms with Crippen molar-refractivity contribution in [3.05, 3.63) is 24.5 Å². The van der Waals surface area contributed by atoms with Crippen LogP contribution in [0.5, 0.6) is 5.75 Å². The van der Waals surface area contributed by atoms with E-state index in [2.05, 4.69) is 0 Å². The van der Waals surface area contributed by atoms with Gasteiger partial charge in [0.1, 0.15) is 12.8 Å². The molecule has 1 aromatic heterocycles. The van der Waals surface area contributed by atoms with Gasteiger partial charge in [-0.2, -0.15) is 0 Å². The predicted octanol–water partition coefficient (Wildman–Crippen LogP) is 2.22. The van der Waals surface area contributed by atoms with Crippen molar-refractivity contribution < 1.29 is 9.30 Å². The molecule has 0 N–H and O–H groups in total. The lowest BCUT2D eigenvalue weighted by Gasteiger charge is -2.22. The number of rotatable bonds is 2.